The van der Waals surface area contributed by atoms with Gasteiger partial charge in [0.15, 0.2) is 5.16 Å². The summed E-state index contributed by atoms with van der Waals surface area (Å²) in [4.78, 5) is 18.9. The van der Waals surface area contributed by atoms with Crippen LogP contribution in [0.2, 0.25) is 0 Å². The van der Waals surface area contributed by atoms with Gasteiger partial charge in [-0.1, -0.05) is 67.6 Å². The van der Waals surface area contributed by atoms with Gasteiger partial charge in [-0.25, -0.2) is 4.98 Å². The molecule has 1 heterocycles. The van der Waals surface area contributed by atoms with Gasteiger partial charge >= 0.3 is 0 Å². The molecule has 3 aliphatic carbocycles. The fraction of sp³-hybridized carbons (Fsp3) is 0.520. The van der Waals surface area contributed by atoms with E-state index in [9.17, 15) is 4.79 Å². The number of benzene rings is 1. The van der Waals surface area contributed by atoms with Gasteiger partial charge in [0.2, 0.25) is 0 Å². The van der Waals surface area contributed by atoms with E-state index >= 15 is 0 Å². The van der Waals surface area contributed by atoms with Gasteiger partial charge in [0.25, 0.3) is 5.56 Å². The van der Waals surface area contributed by atoms with Crippen LogP contribution in [-0.2, 0) is 18.4 Å². The lowest BCUT2D eigenvalue weighted by Gasteiger charge is -2.36. The van der Waals surface area contributed by atoms with Gasteiger partial charge in [0.05, 0.1) is 11.4 Å². The predicted molar refractivity (Wildman–Crippen MR) is 119 cm³/mol. The second-order valence-corrected chi connectivity index (χ2v) is 9.93. The highest BCUT2D eigenvalue weighted by Gasteiger charge is 2.43. The molecule has 1 spiro atoms. The minimum Gasteiger partial charge on any atom is -0.287 e. The maximum atomic E-state index is 13.8. The molecule has 1 aromatic heterocycles. The topological polar surface area (TPSA) is 34.9 Å². The fourth-order valence-corrected chi connectivity index (χ4v) is 6.55. The molecule has 0 amide bonds. The van der Waals surface area contributed by atoms with Gasteiger partial charge in [-0.2, -0.15) is 0 Å². The van der Waals surface area contributed by atoms with Crippen LogP contribution in [0.4, 0.5) is 0 Å². The van der Waals surface area contributed by atoms with Crippen molar-refractivity contribution in [3.8, 4) is 23.6 Å². The van der Waals surface area contributed by atoms with Crippen LogP contribution in [0.25, 0.3) is 11.3 Å². The lowest BCUT2D eigenvalue weighted by molar-refractivity contribution is 0.402. The SMILES string of the molecule is C#CCSc1nc2c(c(=O)n1CC1CCCC1)CC1(CCCC1)c1ccccc1-2. The highest BCUT2D eigenvalue weighted by Crippen LogP contribution is 2.50. The van der Waals surface area contributed by atoms with Crippen molar-refractivity contribution in [2.45, 2.75) is 74.9 Å². The summed E-state index contributed by atoms with van der Waals surface area (Å²) in [5.74, 6) is 3.84. The molecule has 0 aliphatic heterocycles. The first kappa shape index (κ1) is 19.0. The Balaban J connectivity index is 1.67. The summed E-state index contributed by atoms with van der Waals surface area (Å²) in [5.41, 5.74) is 4.73. The van der Waals surface area contributed by atoms with Gasteiger partial charge in [0.1, 0.15) is 0 Å². The fourth-order valence-electron chi connectivity index (χ4n) is 5.87. The second-order valence-electron chi connectivity index (χ2n) is 8.99. The Labute approximate surface area is 177 Å². The average Bonchev–Trinajstić information content (AvgIpc) is 3.43. The van der Waals surface area contributed by atoms with Crippen LogP contribution in [-0.4, -0.2) is 15.3 Å². The molecule has 29 heavy (non-hydrogen) atoms. The monoisotopic (exact) mass is 404 g/mol. The van der Waals surface area contributed by atoms with Crippen molar-refractivity contribution < 1.29 is 0 Å². The molecule has 2 saturated carbocycles. The second kappa shape index (κ2) is 7.69. The Kier molecular flexibility index (Phi) is 5.04. The lowest BCUT2D eigenvalue weighted by atomic mass is 9.68. The minimum absolute atomic E-state index is 0.128. The van der Waals surface area contributed by atoms with E-state index in [0.29, 0.717) is 11.7 Å². The number of thioether (sulfide) groups is 1. The summed E-state index contributed by atoms with van der Waals surface area (Å²) < 4.78 is 1.97. The summed E-state index contributed by atoms with van der Waals surface area (Å²) in [6, 6.07) is 8.65. The zero-order valence-electron chi connectivity index (χ0n) is 17.0. The summed E-state index contributed by atoms with van der Waals surface area (Å²) in [6.45, 7) is 0.792. The number of nitrogens with zero attached hydrogens (tertiary/aromatic N) is 2. The van der Waals surface area contributed by atoms with Gasteiger partial charge in [-0.15, -0.1) is 6.42 Å². The molecule has 0 bridgehead atoms. The number of rotatable bonds is 4. The smallest absolute Gasteiger partial charge is 0.258 e. The molecular weight excluding hydrogens is 376 g/mol. The zero-order valence-corrected chi connectivity index (χ0v) is 17.8. The number of fused-ring (bicyclic) bond motifs is 4. The first-order valence-electron chi connectivity index (χ1n) is 11.0. The summed E-state index contributed by atoms with van der Waals surface area (Å²) in [5, 5.41) is 0.802. The molecule has 3 aliphatic rings. The molecule has 150 valence electrons. The van der Waals surface area contributed by atoms with Gasteiger partial charge in [-0.3, -0.25) is 9.36 Å². The van der Waals surface area contributed by atoms with Crippen molar-refractivity contribution in [3.05, 3.63) is 45.7 Å². The van der Waals surface area contributed by atoms with Gasteiger partial charge in [0, 0.05) is 23.1 Å². The van der Waals surface area contributed by atoms with Crippen molar-refractivity contribution in [2.75, 3.05) is 5.75 Å². The largest absolute Gasteiger partial charge is 0.287 e. The highest BCUT2D eigenvalue weighted by molar-refractivity contribution is 7.99. The van der Waals surface area contributed by atoms with Crippen LogP contribution in [0, 0.1) is 18.3 Å². The molecule has 0 saturated heterocycles. The molecule has 0 radical (unpaired) electrons. The molecule has 1 aromatic carbocycles. The maximum Gasteiger partial charge on any atom is 0.258 e. The van der Waals surface area contributed by atoms with Crippen LogP contribution in [0.15, 0.2) is 34.2 Å². The van der Waals surface area contributed by atoms with E-state index < -0.39 is 0 Å². The van der Waals surface area contributed by atoms with E-state index in [2.05, 4.69) is 30.2 Å². The van der Waals surface area contributed by atoms with Crippen LogP contribution in [0.5, 0.6) is 0 Å². The van der Waals surface area contributed by atoms with Crippen molar-refractivity contribution in [3.63, 3.8) is 0 Å². The molecule has 0 unspecified atom stereocenters. The third-order valence-electron chi connectivity index (χ3n) is 7.26. The number of terminal acetylenes is 1. The molecule has 4 heteroatoms. The van der Waals surface area contributed by atoms with Crippen molar-refractivity contribution in [1.82, 2.24) is 9.55 Å². The summed E-state index contributed by atoms with van der Waals surface area (Å²) >= 11 is 1.53. The molecule has 2 aromatic rings. The first-order valence-corrected chi connectivity index (χ1v) is 12.0. The van der Waals surface area contributed by atoms with Crippen molar-refractivity contribution >= 4 is 11.8 Å². The Hall–Kier alpha value is -1.99. The van der Waals surface area contributed by atoms with Crippen LogP contribution < -0.4 is 5.56 Å². The average molecular weight is 405 g/mol. The van der Waals surface area contributed by atoms with E-state index in [-0.39, 0.29) is 11.0 Å². The van der Waals surface area contributed by atoms with E-state index in [4.69, 9.17) is 11.4 Å². The summed E-state index contributed by atoms with van der Waals surface area (Å²) in [7, 11) is 0. The maximum absolute atomic E-state index is 13.8. The normalized spacial score (nSPS) is 19.8. The predicted octanol–water partition coefficient (Wildman–Crippen LogP) is 5.19. The van der Waals surface area contributed by atoms with Crippen molar-refractivity contribution in [2.24, 2.45) is 5.92 Å². The quantitative estimate of drug-likeness (QED) is 0.399. The van der Waals surface area contributed by atoms with E-state index in [1.807, 2.05) is 4.57 Å². The third-order valence-corrected chi connectivity index (χ3v) is 8.14. The number of hydrogen-bond donors (Lipinski definition) is 0. The number of hydrogen-bond acceptors (Lipinski definition) is 3. The van der Waals surface area contributed by atoms with Crippen molar-refractivity contribution in [1.29, 1.82) is 0 Å². The molecule has 5 rings (SSSR count). The Bertz CT molecular complexity index is 1020. The van der Waals surface area contributed by atoms with Gasteiger partial charge in [-0.05, 0) is 43.6 Å². The van der Waals surface area contributed by atoms with Crippen LogP contribution >= 0.6 is 11.8 Å². The molecule has 3 nitrogen and oxygen atoms in total. The Morgan fingerprint density at radius 2 is 1.93 bits per heavy atom. The van der Waals surface area contributed by atoms with E-state index in [1.165, 1.54) is 74.3 Å². The van der Waals surface area contributed by atoms with E-state index in [1.54, 1.807) is 0 Å². The molecular formula is C25H28N2OS. The molecule has 2 fully saturated rings. The van der Waals surface area contributed by atoms with Gasteiger partial charge < -0.3 is 0 Å². The number of aromatic nitrogens is 2. The van der Waals surface area contributed by atoms with Crippen LogP contribution in [0.1, 0.15) is 62.5 Å². The first-order chi connectivity index (χ1) is 14.2. The minimum atomic E-state index is 0.128. The van der Waals surface area contributed by atoms with Crippen LogP contribution in [0.3, 0.4) is 0 Å². The summed E-state index contributed by atoms with van der Waals surface area (Å²) in [6.07, 6.45) is 16.2. The highest BCUT2D eigenvalue weighted by atomic mass is 32.2. The molecule has 0 atom stereocenters. The molecule has 0 N–H and O–H groups in total. The Morgan fingerprint density at radius 1 is 1.17 bits per heavy atom. The lowest BCUT2D eigenvalue weighted by Crippen LogP contribution is -2.37. The zero-order chi connectivity index (χ0) is 19.8. The third kappa shape index (κ3) is 3.24. The van der Waals surface area contributed by atoms with E-state index in [0.717, 1.165) is 29.4 Å². The standard InChI is InChI=1S/C25H28N2OS/c1-2-15-29-24-26-22-19-11-5-6-12-21(19)25(13-7-8-14-25)16-20(22)23(28)27(24)17-18-9-3-4-10-18/h1,5-6,11-12,18H,3-4,7-10,13-17H2. The Morgan fingerprint density at radius 3 is 2.69 bits per heavy atom.